The van der Waals surface area contributed by atoms with E-state index < -0.39 is 4.92 Å². The number of carbonyl (C=O) groups is 1. The lowest BCUT2D eigenvalue weighted by molar-refractivity contribution is -0.384. The van der Waals surface area contributed by atoms with E-state index in [2.05, 4.69) is 17.1 Å². The molecule has 0 saturated carbocycles. The largest absolute Gasteiger partial charge is 0.397 e. The summed E-state index contributed by atoms with van der Waals surface area (Å²) in [6.07, 6.45) is 0.890. The van der Waals surface area contributed by atoms with Gasteiger partial charge in [0.2, 0.25) is 0 Å². The molecule has 3 aromatic rings. The first kappa shape index (κ1) is 18.3. The zero-order chi connectivity index (χ0) is 19.8. The van der Waals surface area contributed by atoms with Gasteiger partial charge in [-0.2, -0.15) is 0 Å². The van der Waals surface area contributed by atoms with Crippen LogP contribution in [0.4, 0.5) is 17.1 Å². The Bertz CT molecular complexity index is 1080. The van der Waals surface area contributed by atoms with Crippen molar-refractivity contribution in [2.75, 3.05) is 24.1 Å². The van der Waals surface area contributed by atoms with Crippen molar-refractivity contribution in [3.8, 4) is 0 Å². The number of nitrogens with one attached hydrogen (secondary N) is 1. The molecule has 0 atom stereocenters. The molecular weight excluding hydrogens is 378 g/mol. The number of aromatic nitrogens is 1. The van der Waals surface area contributed by atoms with Crippen LogP contribution in [-0.2, 0) is 13.0 Å². The Labute approximate surface area is 165 Å². The number of likely N-dealkylation sites (N-methyl/N-ethyl adjacent to an activating group) is 1. The minimum atomic E-state index is -0.483. The molecule has 4 rings (SSSR count). The Morgan fingerprint density at radius 2 is 2.14 bits per heavy atom. The second-order valence-electron chi connectivity index (χ2n) is 6.67. The molecule has 2 aromatic heterocycles. The number of nitro benzene ring substituents is 1. The molecule has 0 bridgehead atoms. The number of nitrogens with two attached hydrogens (primary N) is 1. The van der Waals surface area contributed by atoms with Crippen LogP contribution in [0.15, 0.2) is 30.3 Å². The maximum Gasteiger partial charge on any atom is 0.269 e. The predicted molar refractivity (Wildman–Crippen MR) is 110 cm³/mol. The lowest BCUT2D eigenvalue weighted by Gasteiger charge is -2.26. The summed E-state index contributed by atoms with van der Waals surface area (Å²) in [6.45, 7) is 4.95. The van der Waals surface area contributed by atoms with Crippen LogP contribution in [0.5, 0.6) is 0 Å². The summed E-state index contributed by atoms with van der Waals surface area (Å²) in [7, 11) is 0. The Morgan fingerprint density at radius 1 is 1.39 bits per heavy atom. The van der Waals surface area contributed by atoms with Crippen LogP contribution in [0.1, 0.15) is 27.9 Å². The normalized spacial score (nSPS) is 14.0. The molecule has 3 N–H and O–H groups in total. The van der Waals surface area contributed by atoms with Gasteiger partial charge in [0.25, 0.3) is 11.6 Å². The molecule has 28 heavy (non-hydrogen) atoms. The third-order valence-electron chi connectivity index (χ3n) is 4.94. The Hall–Kier alpha value is -3.04. The van der Waals surface area contributed by atoms with Gasteiger partial charge in [-0.1, -0.05) is 6.92 Å². The number of hydrogen-bond acceptors (Lipinski definition) is 7. The van der Waals surface area contributed by atoms with Crippen molar-refractivity contribution in [2.45, 2.75) is 19.9 Å². The topological polar surface area (TPSA) is 114 Å². The number of non-ortho nitro benzene ring substituents is 1. The molecule has 0 spiro atoms. The standard InChI is InChI=1S/C19H19N5O3S/c1-2-23-8-7-15-11(10-23)9-14-16(20)17(28-19(14)22-15)18(25)21-12-3-5-13(6-4-12)24(26)27/h3-6,9H,2,7-8,10,20H2,1H3,(H,21,25). The number of fused-ring (bicyclic) bond motifs is 2. The van der Waals surface area contributed by atoms with E-state index in [0.29, 0.717) is 16.3 Å². The molecule has 1 amide bonds. The molecule has 0 aliphatic carbocycles. The number of nitrogen functional groups attached to an aromatic ring is 1. The zero-order valence-electron chi connectivity index (χ0n) is 15.3. The fraction of sp³-hybridized carbons (Fsp3) is 0.263. The highest BCUT2D eigenvalue weighted by molar-refractivity contribution is 7.21. The highest BCUT2D eigenvalue weighted by Crippen LogP contribution is 2.35. The lowest BCUT2D eigenvalue weighted by Crippen LogP contribution is -2.30. The van der Waals surface area contributed by atoms with E-state index in [-0.39, 0.29) is 11.6 Å². The molecule has 0 radical (unpaired) electrons. The smallest absolute Gasteiger partial charge is 0.269 e. The van der Waals surface area contributed by atoms with Gasteiger partial charge in [0, 0.05) is 48.4 Å². The maximum atomic E-state index is 12.7. The van der Waals surface area contributed by atoms with Gasteiger partial charge >= 0.3 is 0 Å². The molecule has 0 fully saturated rings. The first-order valence-corrected chi connectivity index (χ1v) is 9.77. The number of anilines is 2. The van der Waals surface area contributed by atoms with Crippen molar-refractivity contribution >= 4 is 44.5 Å². The van der Waals surface area contributed by atoms with Crippen LogP contribution in [0.3, 0.4) is 0 Å². The number of hydrogen-bond donors (Lipinski definition) is 2. The van der Waals surface area contributed by atoms with E-state index in [9.17, 15) is 14.9 Å². The summed E-state index contributed by atoms with van der Waals surface area (Å²) in [5.41, 5.74) is 9.35. The minimum Gasteiger partial charge on any atom is -0.397 e. The summed E-state index contributed by atoms with van der Waals surface area (Å²) < 4.78 is 0. The zero-order valence-corrected chi connectivity index (χ0v) is 16.1. The fourth-order valence-electron chi connectivity index (χ4n) is 3.35. The maximum absolute atomic E-state index is 12.7. The van der Waals surface area contributed by atoms with Gasteiger partial charge < -0.3 is 11.1 Å². The SMILES string of the molecule is CCN1CCc2nc3sc(C(=O)Nc4ccc([N+](=O)[O-])cc4)c(N)c3cc2C1. The van der Waals surface area contributed by atoms with Gasteiger partial charge in [0.15, 0.2) is 0 Å². The van der Waals surface area contributed by atoms with Gasteiger partial charge in [-0.15, -0.1) is 11.3 Å². The van der Waals surface area contributed by atoms with Crippen LogP contribution >= 0.6 is 11.3 Å². The Balaban J connectivity index is 1.62. The Kier molecular flexibility index (Phi) is 4.70. The molecule has 1 aliphatic rings. The molecule has 9 heteroatoms. The van der Waals surface area contributed by atoms with Gasteiger partial charge in [-0.25, -0.2) is 4.98 Å². The number of carbonyl (C=O) groups excluding carboxylic acids is 1. The molecular formula is C19H19N5O3S. The van der Waals surface area contributed by atoms with Gasteiger partial charge in [0.1, 0.15) is 9.71 Å². The summed E-state index contributed by atoms with van der Waals surface area (Å²) in [6, 6.07) is 7.73. The van der Waals surface area contributed by atoms with Crippen molar-refractivity contribution in [3.05, 3.63) is 56.6 Å². The second kappa shape index (κ2) is 7.17. The lowest BCUT2D eigenvalue weighted by atomic mass is 10.0. The quantitative estimate of drug-likeness (QED) is 0.515. The van der Waals surface area contributed by atoms with E-state index in [1.54, 1.807) is 0 Å². The van der Waals surface area contributed by atoms with Crippen molar-refractivity contribution in [2.24, 2.45) is 0 Å². The minimum absolute atomic E-state index is 0.0321. The van der Waals surface area contributed by atoms with E-state index in [1.807, 2.05) is 6.07 Å². The third kappa shape index (κ3) is 3.30. The van der Waals surface area contributed by atoms with Crippen LogP contribution in [-0.4, -0.2) is 33.8 Å². The molecule has 144 valence electrons. The van der Waals surface area contributed by atoms with Crippen molar-refractivity contribution < 1.29 is 9.72 Å². The summed E-state index contributed by atoms with van der Waals surface area (Å²) in [5.74, 6) is -0.345. The van der Waals surface area contributed by atoms with E-state index in [4.69, 9.17) is 10.7 Å². The monoisotopic (exact) mass is 397 g/mol. The number of rotatable bonds is 4. The number of nitrogens with zero attached hydrogens (tertiary/aromatic N) is 3. The summed E-state index contributed by atoms with van der Waals surface area (Å²) in [4.78, 5) is 31.2. The molecule has 1 aliphatic heterocycles. The highest BCUT2D eigenvalue weighted by atomic mass is 32.1. The van der Waals surface area contributed by atoms with Gasteiger partial charge in [-0.3, -0.25) is 19.8 Å². The first-order chi connectivity index (χ1) is 13.5. The molecule has 0 unspecified atom stereocenters. The number of pyridine rings is 1. The molecule has 0 saturated heterocycles. The fourth-order valence-corrected chi connectivity index (χ4v) is 4.34. The van der Waals surface area contributed by atoms with Crippen LogP contribution in [0.2, 0.25) is 0 Å². The van der Waals surface area contributed by atoms with Crippen LogP contribution in [0, 0.1) is 10.1 Å². The van der Waals surface area contributed by atoms with Crippen LogP contribution < -0.4 is 11.1 Å². The third-order valence-corrected chi connectivity index (χ3v) is 6.05. The van der Waals surface area contributed by atoms with Crippen molar-refractivity contribution in [1.29, 1.82) is 0 Å². The number of benzene rings is 1. The van der Waals surface area contributed by atoms with Crippen molar-refractivity contribution in [1.82, 2.24) is 9.88 Å². The Morgan fingerprint density at radius 3 is 2.82 bits per heavy atom. The second-order valence-corrected chi connectivity index (χ2v) is 7.67. The first-order valence-electron chi connectivity index (χ1n) is 8.95. The predicted octanol–water partition coefficient (Wildman–Crippen LogP) is 3.42. The number of amides is 1. The average Bonchev–Trinajstić information content (AvgIpc) is 3.02. The summed E-state index contributed by atoms with van der Waals surface area (Å²) >= 11 is 1.27. The van der Waals surface area contributed by atoms with Gasteiger partial charge in [0.05, 0.1) is 10.6 Å². The summed E-state index contributed by atoms with van der Waals surface area (Å²) in [5, 5.41) is 14.3. The van der Waals surface area contributed by atoms with E-state index in [0.717, 1.165) is 47.5 Å². The molecule has 8 nitrogen and oxygen atoms in total. The van der Waals surface area contributed by atoms with E-state index in [1.165, 1.54) is 35.6 Å². The molecule has 1 aromatic carbocycles. The van der Waals surface area contributed by atoms with Crippen molar-refractivity contribution in [3.63, 3.8) is 0 Å². The average molecular weight is 397 g/mol. The van der Waals surface area contributed by atoms with Crippen LogP contribution in [0.25, 0.3) is 10.2 Å². The highest BCUT2D eigenvalue weighted by Gasteiger charge is 2.22. The van der Waals surface area contributed by atoms with E-state index >= 15 is 0 Å². The van der Waals surface area contributed by atoms with Gasteiger partial charge in [-0.05, 0) is 30.3 Å². The molecule has 3 heterocycles. The number of nitro groups is 1. The number of thiophene rings is 1.